The van der Waals surface area contributed by atoms with Crippen molar-refractivity contribution in [2.75, 3.05) is 20.8 Å². The Morgan fingerprint density at radius 1 is 1.08 bits per heavy atom. The SMILES string of the molecule is CCOc1ccc(CN(C)C(=O)c2ccc3c(c2)CCC3)cc1OC. The number of carbonyl (C=O) groups excluding carboxylic acids is 1. The van der Waals surface area contributed by atoms with E-state index >= 15 is 0 Å². The van der Waals surface area contributed by atoms with Gasteiger partial charge in [0.2, 0.25) is 0 Å². The van der Waals surface area contributed by atoms with Crippen LogP contribution >= 0.6 is 0 Å². The molecule has 0 N–H and O–H groups in total. The first-order valence-corrected chi connectivity index (χ1v) is 8.79. The fourth-order valence-electron chi connectivity index (χ4n) is 3.36. The Hall–Kier alpha value is -2.49. The van der Waals surface area contributed by atoms with Crippen LogP contribution in [0.15, 0.2) is 36.4 Å². The van der Waals surface area contributed by atoms with Crippen LogP contribution < -0.4 is 9.47 Å². The number of hydrogen-bond donors (Lipinski definition) is 0. The Labute approximate surface area is 149 Å². The Kier molecular flexibility index (Phi) is 5.27. The summed E-state index contributed by atoms with van der Waals surface area (Å²) in [6.45, 7) is 3.06. The molecule has 4 heteroatoms. The summed E-state index contributed by atoms with van der Waals surface area (Å²) in [7, 11) is 3.46. The van der Waals surface area contributed by atoms with E-state index in [0.29, 0.717) is 18.9 Å². The highest BCUT2D eigenvalue weighted by Crippen LogP contribution is 2.29. The minimum absolute atomic E-state index is 0.0440. The van der Waals surface area contributed by atoms with Gasteiger partial charge in [0.15, 0.2) is 11.5 Å². The maximum absolute atomic E-state index is 12.7. The van der Waals surface area contributed by atoms with Gasteiger partial charge in [0.05, 0.1) is 13.7 Å². The van der Waals surface area contributed by atoms with Gasteiger partial charge in [-0.3, -0.25) is 4.79 Å². The summed E-state index contributed by atoms with van der Waals surface area (Å²) >= 11 is 0. The molecule has 1 aliphatic rings. The molecule has 0 spiro atoms. The zero-order chi connectivity index (χ0) is 17.8. The predicted molar refractivity (Wildman–Crippen MR) is 98.4 cm³/mol. The van der Waals surface area contributed by atoms with Crippen LogP contribution in [0.2, 0.25) is 0 Å². The van der Waals surface area contributed by atoms with Crippen molar-refractivity contribution in [3.05, 3.63) is 58.7 Å². The molecule has 1 amide bonds. The van der Waals surface area contributed by atoms with E-state index in [2.05, 4.69) is 12.1 Å². The summed E-state index contributed by atoms with van der Waals surface area (Å²) < 4.78 is 10.9. The van der Waals surface area contributed by atoms with Gasteiger partial charge in [0.25, 0.3) is 5.91 Å². The van der Waals surface area contributed by atoms with Crippen molar-refractivity contribution in [1.82, 2.24) is 4.90 Å². The quantitative estimate of drug-likeness (QED) is 0.802. The largest absolute Gasteiger partial charge is 0.493 e. The van der Waals surface area contributed by atoms with Gasteiger partial charge < -0.3 is 14.4 Å². The Bertz CT molecular complexity index is 770. The van der Waals surface area contributed by atoms with E-state index in [9.17, 15) is 4.79 Å². The third-order valence-corrected chi connectivity index (χ3v) is 4.64. The molecule has 0 aliphatic heterocycles. The van der Waals surface area contributed by atoms with Crippen molar-refractivity contribution < 1.29 is 14.3 Å². The van der Waals surface area contributed by atoms with Crippen LogP contribution in [-0.2, 0) is 19.4 Å². The number of benzene rings is 2. The summed E-state index contributed by atoms with van der Waals surface area (Å²) in [5, 5.41) is 0. The molecule has 25 heavy (non-hydrogen) atoms. The molecule has 132 valence electrons. The number of fused-ring (bicyclic) bond motifs is 1. The monoisotopic (exact) mass is 339 g/mol. The number of methoxy groups -OCH3 is 1. The Balaban J connectivity index is 1.73. The number of carbonyl (C=O) groups is 1. The van der Waals surface area contributed by atoms with Gasteiger partial charge in [-0.05, 0) is 67.1 Å². The second-order valence-electron chi connectivity index (χ2n) is 6.42. The van der Waals surface area contributed by atoms with Gasteiger partial charge in [-0.1, -0.05) is 12.1 Å². The van der Waals surface area contributed by atoms with Crippen molar-refractivity contribution in [3.8, 4) is 11.5 Å². The van der Waals surface area contributed by atoms with Gasteiger partial charge >= 0.3 is 0 Å². The lowest BCUT2D eigenvalue weighted by molar-refractivity contribution is 0.0785. The summed E-state index contributed by atoms with van der Waals surface area (Å²) in [4.78, 5) is 14.5. The smallest absolute Gasteiger partial charge is 0.253 e. The summed E-state index contributed by atoms with van der Waals surface area (Å²) in [5.41, 5.74) is 4.48. The third-order valence-electron chi connectivity index (χ3n) is 4.64. The van der Waals surface area contributed by atoms with Gasteiger partial charge in [-0.2, -0.15) is 0 Å². The molecule has 0 saturated heterocycles. The average molecular weight is 339 g/mol. The van der Waals surface area contributed by atoms with Crippen LogP contribution in [-0.4, -0.2) is 31.6 Å². The molecule has 0 atom stereocenters. The molecule has 0 aromatic heterocycles. The van der Waals surface area contributed by atoms with Crippen molar-refractivity contribution >= 4 is 5.91 Å². The molecule has 4 nitrogen and oxygen atoms in total. The normalized spacial score (nSPS) is 12.6. The number of rotatable bonds is 6. The van der Waals surface area contributed by atoms with E-state index in [1.807, 2.05) is 38.2 Å². The molecule has 2 aromatic carbocycles. The van der Waals surface area contributed by atoms with Crippen LogP contribution in [0, 0.1) is 0 Å². The van der Waals surface area contributed by atoms with E-state index < -0.39 is 0 Å². The van der Waals surface area contributed by atoms with E-state index in [1.165, 1.54) is 17.5 Å². The van der Waals surface area contributed by atoms with Crippen molar-refractivity contribution in [2.45, 2.75) is 32.7 Å². The van der Waals surface area contributed by atoms with Crippen LogP contribution in [0.5, 0.6) is 11.5 Å². The summed E-state index contributed by atoms with van der Waals surface area (Å²) in [5.74, 6) is 1.46. The number of nitrogens with zero attached hydrogens (tertiary/aromatic N) is 1. The van der Waals surface area contributed by atoms with Crippen molar-refractivity contribution in [3.63, 3.8) is 0 Å². The highest BCUT2D eigenvalue weighted by Gasteiger charge is 2.17. The molecular formula is C21H25NO3. The highest BCUT2D eigenvalue weighted by atomic mass is 16.5. The fourth-order valence-corrected chi connectivity index (χ4v) is 3.36. The minimum Gasteiger partial charge on any atom is -0.493 e. The van der Waals surface area contributed by atoms with Crippen LogP contribution in [0.3, 0.4) is 0 Å². The van der Waals surface area contributed by atoms with Crippen LogP contribution in [0.4, 0.5) is 0 Å². The zero-order valence-corrected chi connectivity index (χ0v) is 15.2. The van der Waals surface area contributed by atoms with Crippen molar-refractivity contribution in [2.24, 2.45) is 0 Å². The Morgan fingerprint density at radius 2 is 1.88 bits per heavy atom. The maximum atomic E-state index is 12.7. The maximum Gasteiger partial charge on any atom is 0.253 e. The molecule has 0 saturated carbocycles. The second kappa shape index (κ2) is 7.60. The lowest BCUT2D eigenvalue weighted by Gasteiger charge is -2.19. The summed E-state index contributed by atoms with van der Waals surface area (Å²) in [6.07, 6.45) is 3.40. The lowest BCUT2D eigenvalue weighted by Crippen LogP contribution is -2.26. The number of amides is 1. The van der Waals surface area contributed by atoms with E-state index in [1.54, 1.807) is 12.0 Å². The molecule has 1 aliphatic carbocycles. The highest BCUT2D eigenvalue weighted by molar-refractivity contribution is 5.94. The molecule has 2 aromatic rings. The van der Waals surface area contributed by atoms with Gasteiger partial charge in [0, 0.05) is 19.2 Å². The molecule has 0 unspecified atom stereocenters. The van der Waals surface area contributed by atoms with Gasteiger partial charge in [-0.25, -0.2) is 0 Å². The van der Waals surface area contributed by atoms with E-state index in [4.69, 9.17) is 9.47 Å². The van der Waals surface area contributed by atoms with E-state index in [-0.39, 0.29) is 5.91 Å². The van der Waals surface area contributed by atoms with Gasteiger partial charge in [-0.15, -0.1) is 0 Å². The molecule has 3 rings (SSSR count). The standard InChI is InChI=1S/C21H25NO3/c1-4-25-19-11-8-15(12-20(19)24-3)14-22(2)21(23)18-10-9-16-6-5-7-17(16)13-18/h8-13H,4-7,14H2,1-3H3. The van der Waals surface area contributed by atoms with Crippen molar-refractivity contribution in [1.29, 1.82) is 0 Å². The number of aryl methyl sites for hydroxylation is 2. The first-order chi connectivity index (χ1) is 12.1. The topological polar surface area (TPSA) is 38.8 Å². The van der Waals surface area contributed by atoms with Gasteiger partial charge in [0.1, 0.15) is 0 Å². The van der Waals surface area contributed by atoms with Crippen LogP contribution in [0.25, 0.3) is 0 Å². The first kappa shape index (κ1) is 17.3. The number of hydrogen-bond acceptors (Lipinski definition) is 3. The predicted octanol–water partition coefficient (Wildman–Crippen LogP) is 3.85. The molecule has 0 radical (unpaired) electrons. The summed E-state index contributed by atoms with van der Waals surface area (Å²) in [6, 6.07) is 11.9. The minimum atomic E-state index is 0.0440. The molecule has 0 fully saturated rings. The zero-order valence-electron chi connectivity index (χ0n) is 15.2. The molecule has 0 bridgehead atoms. The number of ether oxygens (including phenoxy) is 2. The fraction of sp³-hybridized carbons (Fsp3) is 0.381. The molecule has 0 heterocycles. The lowest BCUT2D eigenvalue weighted by atomic mass is 10.1. The molecular weight excluding hydrogens is 314 g/mol. The first-order valence-electron chi connectivity index (χ1n) is 8.79. The second-order valence-corrected chi connectivity index (χ2v) is 6.42. The average Bonchev–Trinajstić information content (AvgIpc) is 3.10. The van der Waals surface area contributed by atoms with Crippen LogP contribution in [0.1, 0.15) is 40.4 Å². The van der Waals surface area contributed by atoms with E-state index in [0.717, 1.165) is 29.7 Å². The third kappa shape index (κ3) is 3.78. The Morgan fingerprint density at radius 3 is 2.64 bits per heavy atom.